The predicted octanol–water partition coefficient (Wildman–Crippen LogP) is 0.740. The number of carbonyl (C=O) groups is 1. The van der Waals surface area contributed by atoms with Crippen molar-refractivity contribution in [3.8, 4) is 0 Å². The van der Waals surface area contributed by atoms with Crippen molar-refractivity contribution < 1.29 is 4.79 Å². The molecule has 2 heterocycles. The van der Waals surface area contributed by atoms with Crippen LogP contribution in [0.1, 0.15) is 37.1 Å². The normalized spacial score (nSPS) is 16.2. The maximum atomic E-state index is 12.2. The standard InChI is InChI=1S/C13H22N4O/c1-5-12-15-10-8-14-7-6-11(10)17(12)9(2)13(18)16(3)4/h9,14H,5-8H2,1-4H3. The second-order valence-electron chi connectivity index (χ2n) is 4.98. The number of aromatic nitrogens is 2. The van der Waals surface area contributed by atoms with E-state index in [1.807, 2.05) is 6.92 Å². The smallest absolute Gasteiger partial charge is 0.244 e. The van der Waals surface area contributed by atoms with Crippen LogP contribution in [-0.2, 0) is 24.2 Å². The van der Waals surface area contributed by atoms with Crippen molar-refractivity contribution in [1.29, 1.82) is 0 Å². The highest BCUT2D eigenvalue weighted by atomic mass is 16.2. The van der Waals surface area contributed by atoms with E-state index in [-0.39, 0.29) is 11.9 Å². The summed E-state index contributed by atoms with van der Waals surface area (Å²) in [5.41, 5.74) is 2.34. The number of amides is 1. The lowest BCUT2D eigenvalue weighted by molar-refractivity contribution is -0.131. The highest BCUT2D eigenvalue weighted by molar-refractivity contribution is 5.79. The molecule has 0 saturated carbocycles. The summed E-state index contributed by atoms with van der Waals surface area (Å²) in [5.74, 6) is 1.15. The Labute approximate surface area is 108 Å². The summed E-state index contributed by atoms with van der Waals surface area (Å²) in [7, 11) is 3.60. The molecule has 1 atom stereocenters. The molecule has 0 spiro atoms. The molecule has 1 unspecified atom stereocenters. The minimum atomic E-state index is -0.163. The highest BCUT2D eigenvalue weighted by Crippen LogP contribution is 2.22. The van der Waals surface area contributed by atoms with Gasteiger partial charge in [0, 0.05) is 45.7 Å². The van der Waals surface area contributed by atoms with E-state index in [2.05, 4.69) is 21.8 Å². The lowest BCUT2D eigenvalue weighted by atomic mass is 10.1. The van der Waals surface area contributed by atoms with Gasteiger partial charge in [-0.25, -0.2) is 4.98 Å². The van der Waals surface area contributed by atoms with Crippen LogP contribution in [-0.4, -0.2) is 41.0 Å². The van der Waals surface area contributed by atoms with E-state index < -0.39 is 0 Å². The molecule has 0 aromatic carbocycles. The fourth-order valence-electron chi connectivity index (χ4n) is 2.58. The Bertz CT molecular complexity index is 450. The van der Waals surface area contributed by atoms with Crippen LogP contribution in [0.5, 0.6) is 0 Å². The van der Waals surface area contributed by atoms with Gasteiger partial charge in [-0.1, -0.05) is 6.92 Å². The molecule has 0 radical (unpaired) electrons. The van der Waals surface area contributed by atoms with Crippen LogP contribution in [0.25, 0.3) is 0 Å². The van der Waals surface area contributed by atoms with E-state index in [1.165, 1.54) is 5.69 Å². The van der Waals surface area contributed by atoms with Gasteiger partial charge in [0.05, 0.1) is 5.69 Å². The molecule has 5 nitrogen and oxygen atoms in total. The molecule has 0 bridgehead atoms. The maximum Gasteiger partial charge on any atom is 0.244 e. The van der Waals surface area contributed by atoms with Gasteiger partial charge in [0.2, 0.25) is 5.91 Å². The third-order valence-corrected chi connectivity index (χ3v) is 3.50. The van der Waals surface area contributed by atoms with Gasteiger partial charge in [-0.15, -0.1) is 0 Å². The van der Waals surface area contributed by atoms with E-state index in [0.717, 1.165) is 37.4 Å². The Morgan fingerprint density at radius 1 is 1.56 bits per heavy atom. The van der Waals surface area contributed by atoms with Crippen LogP contribution >= 0.6 is 0 Å². The van der Waals surface area contributed by atoms with Crippen molar-refractivity contribution in [3.05, 3.63) is 17.2 Å². The molecular formula is C13H22N4O. The predicted molar refractivity (Wildman–Crippen MR) is 70.4 cm³/mol. The zero-order valence-corrected chi connectivity index (χ0v) is 11.7. The zero-order chi connectivity index (χ0) is 13.3. The number of rotatable bonds is 3. The van der Waals surface area contributed by atoms with Gasteiger partial charge in [0.25, 0.3) is 0 Å². The van der Waals surface area contributed by atoms with Gasteiger partial charge < -0.3 is 14.8 Å². The zero-order valence-electron chi connectivity index (χ0n) is 11.7. The van der Waals surface area contributed by atoms with Crippen molar-refractivity contribution >= 4 is 5.91 Å². The number of nitrogens with one attached hydrogen (secondary N) is 1. The highest BCUT2D eigenvalue weighted by Gasteiger charge is 2.26. The van der Waals surface area contributed by atoms with E-state index in [4.69, 9.17) is 0 Å². The molecule has 100 valence electrons. The van der Waals surface area contributed by atoms with Crippen molar-refractivity contribution in [3.63, 3.8) is 0 Å². The first-order valence-corrected chi connectivity index (χ1v) is 6.57. The monoisotopic (exact) mass is 250 g/mol. The Morgan fingerprint density at radius 3 is 2.89 bits per heavy atom. The van der Waals surface area contributed by atoms with E-state index in [1.54, 1.807) is 19.0 Å². The van der Waals surface area contributed by atoms with Crippen molar-refractivity contribution in [2.75, 3.05) is 20.6 Å². The second-order valence-corrected chi connectivity index (χ2v) is 4.98. The van der Waals surface area contributed by atoms with Crippen molar-refractivity contribution in [1.82, 2.24) is 19.8 Å². The van der Waals surface area contributed by atoms with Gasteiger partial charge in [-0.3, -0.25) is 4.79 Å². The lowest BCUT2D eigenvalue weighted by Gasteiger charge is -2.23. The number of imidazole rings is 1. The molecule has 0 saturated heterocycles. The first-order chi connectivity index (χ1) is 8.56. The summed E-state index contributed by atoms with van der Waals surface area (Å²) in [5, 5.41) is 3.33. The molecule has 5 heteroatoms. The summed E-state index contributed by atoms with van der Waals surface area (Å²) < 4.78 is 2.14. The number of hydrogen-bond donors (Lipinski definition) is 1. The summed E-state index contributed by atoms with van der Waals surface area (Å²) in [4.78, 5) is 18.5. The largest absolute Gasteiger partial charge is 0.347 e. The van der Waals surface area contributed by atoms with Gasteiger partial charge in [0.15, 0.2) is 0 Å². The van der Waals surface area contributed by atoms with E-state index in [0.29, 0.717) is 0 Å². The van der Waals surface area contributed by atoms with Crippen molar-refractivity contribution in [2.45, 2.75) is 39.3 Å². The van der Waals surface area contributed by atoms with E-state index >= 15 is 0 Å². The molecule has 1 aromatic rings. The Hall–Kier alpha value is -1.36. The molecule has 18 heavy (non-hydrogen) atoms. The number of aryl methyl sites for hydroxylation is 1. The van der Waals surface area contributed by atoms with Gasteiger partial charge in [-0.2, -0.15) is 0 Å². The molecule has 1 N–H and O–H groups in total. The first kappa shape index (κ1) is 13.1. The topological polar surface area (TPSA) is 50.2 Å². The quantitative estimate of drug-likeness (QED) is 0.861. The second kappa shape index (κ2) is 5.10. The average Bonchev–Trinajstić information content (AvgIpc) is 2.75. The average molecular weight is 250 g/mol. The Morgan fingerprint density at radius 2 is 2.28 bits per heavy atom. The number of likely N-dealkylation sites (N-methyl/N-ethyl adjacent to an activating group) is 1. The molecule has 1 aliphatic heterocycles. The summed E-state index contributed by atoms with van der Waals surface area (Å²) >= 11 is 0. The van der Waals surface area contributed by atoms with Crippen LogP contribution in [0.3, 0.4) is 0 Å². The summed E-state index contributed by atoms with van der Waals surface area (Å²) in [6, 6.07) is -0.163. The third-order valence-electron chi connectivity index (χ3n) is 3.50. The number of hydrogen-bond acceptors (Lipinski definition) is 3. The summed E-state index contributed by atoms with van der Waals surface area (Å²) in [6.07, 6.45) is 1.81. The fraction of sp³-hybridized carbons (Fsp3) is 0.692. The van der Waals surface area contributed by atoms with Crippen molar-refractivity contribution in [2.24, 2.45) is 0 Å². The molecule has 1 aliphatic rings. The number of fused-ring (bicyclic) bond motifs is 1. The lowest BCUT2D eigenvalue weighted by Crippen LogP contribution is -2.33. The van der Waals surface area contributed by atoms with Crippen LogP contribution in [0.15, 0.2) is 0 Å². The molecule has 0 aliphatic carbocycles. The van der Waals surface area contributed by atoms with Gasteiger partial charge >= 0.3 is 0 Å². The van der Waals surface area contributed by atoms with Crippen LogP contribution in [0.4, 0.5) is 0 Å². The van der Waals surface area contributed by atoms with E-state index in [9.17, 15) is 4.79 Å². The molecule has 1 amide bonds. The maximum absolute atomic E-state index is 12.2. The minimum Gasteiger partial charge on any atom is -0.347 e. The van der Waals surface area contributed by atoms with Crippen LogP contribution < -0.4 is 5.32 Å². The number of nitrogens with zero attached hydrogens (tertiary/aromatic N) is 3. The van der Waals surface area contributed by atoms with Crippen LogP contribution in [0.2, 0.25) is 0 Å². The fourth-order valence-corrected chi connectivity index (χ4v) is 2.58. The third kappa shape index (κ3) is 2.14. The summed E-state index contributed by atoms with van der Waals surface area (Å²) in [6.45, 7) is 5.83. The molecule has 2 rings (SSSR count). The number of carbonyl (C=O) groups excluding carboxylic acids is 1. The minimum absolute atomic E-state index is 0.128. The molecular weight excluding hydrogens is 228 g/mol. The van der Waals surface area contributed by atoms with Crippen LogP contribution in [0, 0.1) is 0 Å². The molecule has 1 aromatic heterocycles. The SMILES string of the molecule is CCc1nc2c(n1C(C)C(=O)N(C)C)CCNC2. The van der Waals surface area contributed by atoms with Gasteiger partial charge in [-0.05, 0) is 6.92 Å². The van der Waals surface area contributed by atoms with Gasteiger partial charge in [0.1, 0.15) is 11.9 Å². The molecule has 0 fully saturated rings. The Balaban J connectivity index is 2.42. The first-order valence-electron chi connectivity index (χ1n) is 6.57. The Kier molecular flexibility index (Phi) is 3.71.